The molecule has 3 nitrogen and oxygen atoms in total. The van der Waals surface area contributed by atoms with Gasteiger partial charge in [0.25, 0.3) is 0 Å². The van der Waals surface area contributed by atoms with Crippen molar-refractivity contribution in [2.75, 3.05) is 7.11 Å². The van der Waals surface area contributed by atoms with Gasteiger partial charge in [0.15, 0.2) is 0 Å². The van der Waals surface area contributed by atoms with Gasteiger partial charge in [0.2, 0.25) is 0 Å². The van der Waals surface area contributed by atoms with Gasteiger partial charge in [0, 0.05) is 5.56 Å². The fourth-order valence-electron chi connectivity index (χ4n) is 2.13. The molecule has 0 amide bonds. The predicted molar refractivity (Wildman–Crippen MR) is 73.2 cm³/mol. The van der Waals surface area contributed by atoms with Crippen LogP contribution in [-0.2, 0) is 6.42 Å². The molecule has 0 aromatic heterocycles. The highest BCUT2D eigenvalue weighted by Crippen LogP contribution is 2.29. The van der Waals surface area contributed by atoms with Crippen LogP contribution in [0, 0.1) is 5.82 Å². The second kappa shape index (κ2) is 6.31. The van der Waals surface area contributed by atoms with Crippen LogP contribution < -0.4 is 16.0 Å². The average Bonchev–Trinajstić information content (AvgIpc) is 2.46. The zero-order valence-corrected chi connectivity index (χ0v) is 10.8. The van der Waals surface area contributed by atoms with Crippen molar-refractivity contribution in [3.8, 4) is 5.75 Å². The lowest BCUT2D eigenvalue weighted by atomic mass is 9.98. The summed E-state index contributed by atoms with van der Waals surface area (Å²) in [6.07, 6.45) is 0.592. The van der Waals surface area contributed by atoms with Crippen molar-refractivity contribution in [2.45, 2.75) is 12.5 Å². The van der Waals surface area contributed by atoms with Crippen LogP contribution >= 0.6 is 0 Å². The highest BCUT2D eigenvalue weighted by Gasteiger charge is 2.19. The standard InChI is InChI=1S/C15H17FN2O/c1-19-14-9-5-8-12(16)15(14)13(18-17)10-11-6-3-2-4-7-11/h2-9,13,18H,10,17H2,1H3. The molecule has 2 rings (SSSR count). The molecule has 0 aliphatic heterocycles. The first-order valence-corrected chi connectivity index (χ1v) is 6.08. The second-order valence-electron chi connectivity index (χ2n) is 4.26. The van der Waals surface area contributed by atoms with Crippen molar-refractivity contribution < 1.29 is 9.13 Å². The lowest BCUT2D eigenvalue weighted by Gasteiger charge is -2.19. The Morgan fingerprint density at radius 1 is 1.16 bits per heavy atom. The van der Waals surface area contributed by atoms with Crippen molar-refractivity contribution in [3.05, 3.63) is 65.5 Å². The summed E-state index contributed by atoms with van der Waals surface area (Å²) >= 11 is 0. The Hall–Kier alpha value is -1.91. The van der Waals surface area contributed by atoms with Gasteiger partial charge < -0.3 is 4.74 Å². The molecule has 0 fully saturated rings. The number of nitrogens with one attached hydrogen (secondary N) is 1. The molecule has 2 aromatic rings. The number of hydrogen-bond acceptors (Lipinski definition) is 3. The lowest BCUT2D eigenvalue weighted by Crippen LogP contribution is -2.30. The van der Waals surface area contributed by atoms with E-state index in [1.165, 1.54) is 13.2 Å². The minimum Gasteiger partial charge on any atom is -0.496 e. The van der Waals surface area contributed by atoms with Gasteiger partial charge >= 0.3 is 0 Å². The van der Waals surface area contributed by atoms with Crippen LogP contribution in [0.15, 0.2) is 48.5 Å². The minimum atomic E-state index is -0.335. The lowest BCUT2D eigenvalue weighted by molar-refractivity contribution is 0.390. The van der Waals surface area contributed by atoms with Gasteiger partial charge in [-0.15, -0.1) is 0 Å². The number of halogens is 1. The van der Waals surface area contributed by atoms with Crippen molar-refractivity contribution in [1.82, 2.24) is 5.43 Å². The molecule has 3 N–H and O–H groups in total. The highest BCUT2D eigenvalue weighted by molar-refractivity contribution is 5.38. The molecular formula is C15H17FN2O. The molecule has 1 atom stereocenters. The van der Waals surface area contributed by atoms with Crippen LogP contribution in [0.4, 0.5) is 4.39 Å². The highest BCUT2D eigenvalue weighted by atomic mass is 19.1. The van der Waals surface area contributed by atoms with E-state index in [1.807, 2.05) is 30.3 Å². The average molecular weight is 260 g/mol. The zero-order chi connectivity index (χ0) is 13.7. The first-order chi connectivity index (χ1) is 9.26. The summed E-state index contributed by atoms with van der Waals surface area (Å²) in [5.41, 5.74) is 4.20. The number of hydrogen-bond donors (Lipinski definition) is 2. The van der Waals surface area contributed by atoms with E-state index in [2.05, 4.69) is 5.43 Å². The van der Waals surface area contributed by atoms with Crippen LogP contribution in [0.1, 0.15) is 17.2 Å². The molecule has 0 bridgehead atoms. The summed E-state index contributed by atoms with van der Waals surface area (Å²) in [5, 5.41) is 0. The van der Waals surface area contributed by atoms with Gasteiger partial charge in [-0.1, -0.05) is 36.4 Å². The van der Waals surface area contributed by atoms with E-state index in [0.29, 0.717) is 17.7 Å². The molecule has 0 heterocycles. The molecule has 1 unspecified atom stereocenters. The largest absolute Gasteiger partial charge is 0.496 e. The van der Waals surface area contributed by atoms with E-state index >= 15 is 0 Å². The first-order valence-electron chi connectivity index (χ1n) is 6.08. The number of rotatable bonds is 5. The Labute approximate surface area is 112 Å². The Bertz CT molecular complexity index is 531. The number of methoxy groups -OCH3 is 1. The summed E-state index contributed by atoms with van der Waals surface area (Å²) in [6.45, 7) is 0. The van der Waals surface area contributed by atoms with Crippen LogP contribution in [0.3, 0.4) is 0 Å². The molecular weight excluding hydrogens is 243 g/mol. The smallest absolute Gasteiger partial charge is 0.131 e. The maximum Gasteiger partial charge on any atom is 0.131 e. The topological polar surface area (TPSA) is 47.3 Å². The summed E-state index contributed by atoms with van der Waals surface area (Å²) in [6, 6.07) is 14.2. The van der Waals surface area contributed by atoms with Gasteiger partial charge in [-0.05, 0) is 24.1 Å². The number of ether oxygens (including phenoxy) is 1. The number of hydrazine groups is 1. The Morgan fingerprint density at radius 2 is 1.89 bits per heavy atom. The fourth-order valence-corrected chi connectivity index (χ4v) is 2.13. The van der Waals surface area contributed by atoms with Crippen LogP contribution in [-0.4, -0.2) is 7.11 Å². The molecule has 0 saturated carbocycles. The third kappa shape index (κ3) is 3.10. The molecule has 0 aliphatic carbocycles. The van der Waals surface area contributed by atoms with E-state index in [0.717, 1.165) is 5.56 Å². The fraction of sp³-hybridized carbons (Fsp3) is 0.200. The van der Waals surface area contributed by atoms with Crippen molar-refractivity contribution in [1.29, 1.82) is 0 Å². The van der Waals surface area contributed by atoms with Gasteiger partial charge in [-0.2, -0.15) is 0 Å². The maximum atomic E-state index is 14.0. The van der Waals surface area contributed by atoms with Crippen molar-refractivity contribution in [2.24, 2.45) is 5.84 Å². The Morgan fingerprint density at radius 3 is 2.53 bits per heavy atom. The van der Waals surface area contributed by atoms with E-state index in [1.54, 1.807) is 12.1 Å². The van der Waals surface area contributed by atoms with Crippen LogP contribution in [0.5, 0.6) is 5.75 Å². The van der Waals surface area contributed by atoms with Gasteiger partial charge in [0.05, 0.1) is 13.2 Å². The van der Waals surface area contributed by atoms with E-state index in [4.69, 9.17) is 10.6 Å². The van der Waals surface area contributed by atoms with Crippen LogP contribution in [0.2, 0.25) is 0 Å². The van der Waals surface area contributed by atoms with Crippen molar-refractivity contribution in [3.63, 3.8) is 0 Å². The van der Waals surface area contributed by atoms with Crippen molar-refractivity contribution >= 4 is 0 Å². The summed E-state index contributed by atoms with van der Waals surface area (Å²) in [4.78, 5) is 0. The number of nitrogens with two attached hydrogens (primary N) is 1. The molecule has 100 valence electrons. The molecule has 0 radical (unpaired) electrons. The summed E-state index contributed by atoms with van der Waals surface area (Å²) < 4.78 is 19.2. The SMILES string of the molecule is COc1cccc(F)c1C(Cc1ccccc1)NN. The Kier molecular flexibility index (Phi) is 4.49. The summed E-state index contributed by atoms with van der Waals surface area (Å²) in [5.74, 6) is 5.75. The quantitative estimate of drug-likeness (QED) is 0.641. The summed E-state index contributed by atoms with van der Waals surface area (Å²) in [7, 11) is 1.52. The molecule has 19 heavy (non-hydrogen) atoms. The minimum absolute atomic E-state index is 0.321. The normalized spacial score (nSPS) is 12.2. The first kappa shape index (κ1) is 13.5. The second-order valence-corrected chi connectivity index (χ2v) is 4.26. The zero-order valence-electron chi connectivity index (χ0n) is 10.8. The molecule has 0 spiro atoms. The number of benzene rings is 2. The van der Waals surface area contributed by atoms with Gasteiger partial charge in [-0.3, -0.25) is 11.3 Å². The third-order valence-electron chi connectivity index (χ3n) is 3.07. The van der Waals surface area contributed by atoms with Gasteiger partial charge in [-0.25, -0.2) is 4.39 Å². The monoisotopic (exact) mass is 260 g/mol. The maximum absolute atomic E-state index is 14.0. The molecule has 0 aliphatic rings. The van der Waals surface area contributed by atoms with E-state index < -0.39 is 0 Å². The van der Waals surface area contributed by atoms with E-state index in [9.17, 15) is 4.39 Å². The van der Waals surface area contributed by atoms with Gasteiger partial charge in [0.1, 0.15) is 11.6 Å². The van der Waals surface area contributed by atoms with Crippen LogP contribution in [0.25, 0.3) is 0 Å². The molecule has 0 saturated heterocycles. The van der Waals surface area contributed by atoms with E-state index in [-0.39, 0.29) is 11.9 Å². The predicted octanol–water partition coefficient (Wildman–Crippen LogP) is 2.58. The molecule has 4 heteroatoms. The Balaban J connectivity index is 2.32. The third-order valence-corrected chi connectivity index (χ3v) is 3.07. The molecule has 2 aromatic carbocycles.